The SMILES string of the molecule is COC(=O)C(C)CNC(=O)c1cccc(CNc2ccc(Cl)cc2Cl)n1. The summed E-state index contributed by atoms with van der Waals surface area (Å²) in [6, 6.07) is 10.3. The molecule has 0 spiro atoms. The van der Waals surface area contributed by atoms with Gasteiger partial charge in [-0.3, -0.25) is 9.59 Å². The zero-order valence-electron chi connectivity index (χ0n) is 14.4. The van der Waals surface area contributed by atoms with E-state index < -0.39 is 5.92 Å². The molecule has 1 amide bonds. The highest BCUT2D eigenvalue weighted by Gasteiger charge is 2.15. The van der Waals surface area contributed by atoms with Gasteiger partial charge in [-0.05, 0) is 30.3 Å². The van der Waals surface area contributed by atoms with Crippen LogP contribution < -0.4 is 10.6 Å². The Morgan fingerprint density at radius 2 is 2.00 bits per heavy atom. The minimum atomic E-state index is -0.430. The van der Waals surface area contributed by atoms with Crippen molar-refractivity contribution in [2.24, 2.45) is 5.92 Å². The Hall–Kier alpha value is -2.31. The van der Waals surface area contributed by atoms with Crippen LogP contribution in [0.4, 0.5) is 5.69 Å². The summed E-state index contributed by atoms with van der Waals surface area (Å²) < 4.78 is 4.63. The van der Waals surface area contributed by atoms with Gasteiger partial charge in [-0.15, -0.1) is 0 Å². The van der Waals surface area contributed by atoms with Crippen molar-refractivity contribution in [1.29, 1.82) is 0 Å². The summed E-state index contributed by atoms with van der Waals surface area (Å²) in [7, 11) is 1.31. The van der Waals surface area contributed by atoms with Gasteiger partial charge in [0, 0.05) is 11.6 Å². The van der Waals surface area contributed by atoms with E-state index in [0.717, 1.165) is 5.69 Å². The molecule has 1 atom stereocenters. The zero-order valence-corrected chi connectivity index (χ0v) is 15.9. The smallest absolute Gasteiger partial charge is 0.310 e. The number of hydrogen-bond donors (Lipinski definition) is 2. The van der Waals surface area contributed by atoms with E-state index in [1.54, 1.807) is 43.3 Å². The van der Waals surface area contributed by atoms with E-state index in [1.165, 1.54) is 7.11 Å². The average molecular weight is 396 g/mol. The lowest BCUT2D eigenvalue weighted by atomic mass is 10.2. The van der Waals surface area contributed by atoms with Gasteiger partial charge in [0.1, 0.15) is 5.69 Å². The largest absolute Gasteiger partial charge is 0.469 e. The molecular formula is C18H19Cl2N3O3. The molecule has 2 N–H and O–H groups in total. The topological polar surface area (TPSA) is 80.3 Å². The molecule has 2 rings (SSSR count). The van der Waals surface area contributed by atoms with Gasteiger partial charge < -0.3 is 15.4 Å². The van der Waals surface area contributed by atoms with Crippen LogP contribution in [0.3, 0.4) is 0 Å². The molecule has 138 valence electrons. The Bertz CT molecular complexity index is 799. The third-order valence-electron chi connectivity index (χ3n) is 3.60. The van der Waals surface area contributed by atoms with Crippen molar-refractivity contribution >= 4 is 40.8 Å². The third kappa shape index (κ3) is 5.61. The second-order valence-corrected chi connectivity index (χ2v) is 6.47. The average Bonchev–Trinajstić information content (AvgIpc) is 2.64. The molecule has 0 aliphatic carbocycles. The quantitative estimate of drug-likeness (QED) is 0.700. The number of methoxy groups -OCH3 is 1. The summed E-state index contributed by atoms with van der Waals surface area (Å²) in [5, 5.41) is 6.88. The van der Waals surface area contributed by atoms with E-state index in [4.69, 9.17) is 23.2 Å². The summed E-state index contributed by atoms with van der Waals surface area (Å²) in [5.41, 5.74) is 1.66. The number of nitrogens with zero attached hydrogens (tertiary/aromatic N) is 1. The number of aromatic nitrogens is 1. The molecule has 8 heteroatoms. The molecule has 0 aliphatic heterocycles. The number of nitrogens with one attached hydrogen (secondary N) is 2. The van der Waals surface area contributed by atoms with Gasteiger partial charge in [-0.2, -0.15) is 0 Å². The van der Waals surface area contributed by atoms with Crippen LogP contribution in [-0.2, 0) is 16.1 Å². The Morgan fingerprint density at radius 3 is 2.69 bits per heavy atom. The van der Waals surface area contributed by atoms with E-state index in [2.05, 4.69) is 20.4 Å². The van der Waals surface area contributed by atoms with Crippen molar-refractivity contribution < 1.29 is 14.3 Å². The Balaban J connectivity index is 1.96. The van der Waals surface area contributed by atoms with Crippen LogP contribution in [0.2, 0.25) is 10.0 Å². The second-order valence-electron chi connectivity index (χ2n) is 5.63. The normalized spacial score (nSPS) is 11.5. The molecule has 0 fully saturated rings. The van der Waals surface area contributed by atoms with E-state index in [-0.39, 0.29) is 24.1 Å². The van der Waals surface area contributed by atoms with Gasteiger partial charge in [-0.1, -0.05) is 36.2 Å². The summed E-state index contributed by atoms with van der Waals surface area (Å²) >= 11 is 12.0. The first-order chi connectivity index (χ1) is 12.4. The number of ether oxygens (including phenoxy) is 1. The van der Waals surface area contributed by atoms with Gasteiger partial charge in [0.05, 0.1) is 36.0 Å². The Morgan fingerprint density at radius 1 is 1.23 bits per heavy atom. The summed E-state index contributed by atoms with van der Waals surface area (Å²) in [6.45, 7) is 2.24. The third-order valence-corrected chi connectivity index (χ3v) is 4.15. The first-order valence-corrected chi connectivity index (χ1v) is 8.67. The van der Waals surface area contributed by atoms with E-state index >= 15 is 0 Å². The fraction of sp³-hybridized carbons (Fsp3) is 0.278. The number of halogens is 2. The maximum absolute atomic E-state index is 12.2. The highest BCUT2D eigenvalue weighted by molar-refractivity contribution is 6.36. The molecule has 6 nitrogen and oxygen atoms in total. The lowest BCUT2D eigenvalue weighted by molar-refractivity contribution is -0.144. The summed E-state index contributed by atoms with van der Waals surface area (Å²) in [6.07, 6.45) is 0. The summed E-state index contributed by atoms with van der Waals surface area (Å²) in [4.78, 5) is 27.9. The van der Waals surface area contributed by atoms with E-state index in [9.17, 15) is 9.59 Å². The minimum absolute atomic E-state index is 0.177. The Kier molecular flexibility index (Phi) is 7.24. The molecule has 2 aromatic rings. The number of carbonyl (C=O) groups excluding carboxylic acids is 2. The van der Waals surface area contributed by atoms with Gasteiger partial charge in [0.25, 0.3) is 5.91 Å². The number of carbonyl (C=O) groups is 2. The van der Waals surface area contributed by atoms with Crippen LogP contribution in [0.25, 0.3) is 0 Å². The van der Waals surface area contributed by atoms with Crippen molar-refractivity contribution in [1.82, 2.24) is 10.3 Å². The molecular weight excluding hydrogens is 377 g/mol. The van der Waals surface area contributed by atoms with Crippen LogP contribution in [0.1, 0.15) is 23.1 Å². The van der Waals surface area contributed by atoms with E-state index in [0.29, 0.717) is 22.3 Å². The highest BCUT2D eigenvalue weighted by Crippen LogP contribution is 2.25. The molecule has 1 aromatic heterocycles. The van der Waals surface area contributed by atoms with Crippen LogP contribution in [0.5, 0.6) is 0 Å². The molecule has 1 unspecified atom stereocenters. The first-order valence-electron chi connectivity index (χ1n) is 7.91. The molecule has 1 heterocycles. The fourth-order valence-electron chi connectivity index (χ4n) is 2.14. The zero-order chi connectivity index (χ0) is 19.1. The standard InChI is InChI=1S/C18H19Cl2N3O3/c1-11(18(25)26-2)9-22-17(24)16-5-3-4-13(23-16)10-21-15-7-6-12(19)8-14(15)20/h3-8,11,21H,9-10H2,1-2H3,(H,22,24). The number of benzene rings is 1. The van der Waals surface area contributed by atoms with Crippen LogP contribution in [0, 0.1) is 5.92 Å². The van der Waals surface area contributed by atoms with Crippen molar-refractivity contribution in [2.45, 2.75) is 13.5 Å². The number of anilines is 1. The predicted molar refractivity (Wildman–Crippen MR) is 102 cm³/mol. The maximum atomic E-state index is 12.2. The maximum Gasteiger partial charge on any atom is 0.310 e. The molecule has 0 bridgehead atoms. The molecule has 1 aromatic carbocycles. The number of amides is 1. The molecule has 26 heavy (non-hydrogen) atoms. The number of rotatable bonds is 7. The monoisotopic (exact) mass is 395 g/mol. The molecule has 0 radical (unpaired) electrons. The van der Waals surface area contributed by atoms with Crippen molar-refractivity contribution in [3.8, 4) is 0 Å². The second kappa shape index (κ2) is 9.40. The Labute approximate surface area is 161 Å². The van der Waals surface area contributed by atoms with Gasteiger partial charge >= 0.3 is 5.97 Å². The van der Waals surface area contributed by atoms with Crippen LogP contribution in [-0.4, -0.2) is 30.5 Å². The van der Waals surface area contributed by atoms with Gasteiger partial charge in [0.2, 0.25) is 0 Å². The van der Waals surface area contributed by atoms with E-state index in [1.807, 2.05) is 0 Å². The first kappa shape index (κ1) is 20.0. The van der Waals surface area contributed by atoms with Gasteiger partial charge in [0.15, 0.2) is 0 Å². The minimum Gasteiger partial charge on any atom is -0.469 e. The van der Waals surface area contributed by atoms with Crippen molar-refractivity contribution in [3.63, 3.8) is 0 Å². The lowest BCUT2D eigenvalue weighted by Crippen LogP contribution is -2.32. The lowest BCUT2D eigenvalue weighted by Gasteiger charge is -2.11. The summed E-state index contributed by atoms with van der Waals surface area (Å²) in [5.74, 6) is -1.16. The van der Waals surface area contributed by atoms with Crippen LogP contribution in [0.15, 0.2) is 36.4 Å². The molecule has 0 saturated carbocycles. The van der Waals surface area contributed by atoms with Gasteiger partial charge in [-0.25, -0.2) is 4.98 Å². The molecule has 0 saturated heterocycles. The number of esters is 1. The van der Waals surface area contributed by atoms with Crippen molar-refractivity contribution in [3.05, 3.63) is 57.8 Å². The van der Waals surface area contributed by atoms with Crippen LogP contribution >= 0.6 is 23.2 Å². The highest BCUT2D eigenvalue weighted by atomic mass is 35.5. The number of hydrogen-bond acceptors (Lipinski definition) is 5. The van der Waals surface area contributed by atoms with Crippen molar-refractivity contribution in [2.75, 3.05) is 19.0 Å². The molecule has 0 aliphatic rings. The predicted octanol–water partition coefficient (Wildman–Crippen LogP) is 3.54. The fourth-order valence-corrected chi connectivity index (χ4v) is 2.62. The number of pyridine rings is 1.